The predicted molar refractivity (Wildman–Crippen MR) is 91.6 cm³/mol. The molecule has 2 rings (SSSR count). The lowest BCUT2D eigenvalue weighted by Crippen LogP contribution is -2.46. The van der Waals surface area contributed by atoms with Crippen LogP contribution in [0.4, 0.5) is 10.5 Å². The van der Waals surface area contributed by atoms with Gasteiger partial charge in [-0.05, 0) is 37.5 Å². The summed E-state index contributed by atoms with van der Waals surface area (Å²) < 4.78 is 5.17. The molecule has 2 unspecified atom stereocenters. The van der Waals surface area contributed by atoms with Gasteiger partial charge in [0.25, 0.3) is 0 Å². The van der Waals surface area contributed by atoms with Gasteiger partial charge in [0.05, 0.1) is 5.60 Å². The van der Waals surface area contributed by atoms with Crippen molar-refractivity contribution >= 4 is 11.7 Å². The summed E-state index contributed by atoms with van der Waals surface area (Å²) in [6, 6.07) is 5.11. The molecule has 2 amide bonds. The number of aryl methyl sites for hydroxylation is 1. The van der Waals surface area contributed by atoms with Crippen molar-refractivity contribution in [3.8, 4) is 11.5 Å². The Balaban J connectivity index is 2.03. The number of hydrogen-bond acceptors (Lipinski definition) is 5. The van der Waals surface area contributed by atoms with Gasteiger partial charge in [-0.15, -0.1) is 10.2 Å². The lowest BCUT2D eigenvalue weighted by Gasteiger charge is -2.29. The number of anilines is 1. The van der Waals surface area contributed by atoms with Crippen molar-refractivity contribution in [3.05, 3.63) is 30.2 Å². The fourth-order valence-corrected chi connectivity index (χ4v) is 2.23. The van der Waals surface area contributed by atoms with Crippen LogP contribution in [0.25, 0.3) is 11.5 Å². The largest absolute Gasteiger partial charge is 0.423 e. The third-order valence-electron chi connectivity index (χ3n) is 4.37. The van der Waals surface area contributed by atoms with Gasteiger partial charge < -0.3 is 20.2 Å². The summed E-state index contributed by atoms with van der Waals surface area (Å²) in [5.74, 6) is 0.471. The molecule has 24 heavy (non-hydrogen) atoms. The molecule has 1 heterocycles. The molecule has 0 saturated carbocycles. The van der Waals surface area contributed by atoms with Crippen molar-refractivity contribution in [2.75, 3.05) is 11.9 Å². The van der Waals surface area contributed by atoms with Crippen LogP contribution in [0.2, 0.25) is 0 Å². The number of carbonyl (C=O) groups is 1. The molecular weight excluding hydrogens is 308 g/mol. The average molecular weight is 332 g/mol. The maximum absolute atomic E-state index is 12.1. The molecule has 0 aliphatic heterocycles. The molecule has 0 fully saturated rings. The van der Waals surface area contributed by atoms with E-state index in [1.165, 1.54) is 6.39 Å². The molecule has 0 aliphatic rings. The molecule has 0 bridgehead atoms. The van der Waals surface area contributed by atoms with Crippen molar-refractivity contribution in [2.45, 2.75) is 39.7 Å². The Hall–Kier alpha value is -2.41. The first-order valence-electron chi connectivity index (χ1n) is 7.98. The van der Waals surface area contributed by atoms with Crippen molar-refractivity contribution in [2.24, 2.45) is 5.92 Å². The average Bonchev–Trinajstić information content (AvgIpc) is 3.08. The SMILES string of the molecule is CCC(C)C(C)(O)CNC(=O)Nc1cc(-c2nnco2)ccc1C. The van der Waals surface area contributed by atoms with E-state index in [9.17, 15) is 9.90 Å². The number of amides is 2. The number of nitrogens with one attached hydrogen (secondary N) is 2. The second-order valence-electron chi connectivity index (χ2n) is 6.25. The first-order valence-corrected chi connectivity index (χ1v) is 7.98. The maximum Gasteiger partial charge on any atom is 0.319 e. The summed E-state index contributed by atoms with van der Waals surface area (Å²) >= 11 is 0. The summed E-state index contributed by atoms with van der Waals surface area (Å²) in [5, 5.41) is 23.4. The lowest BCUT2D eigenvalue weighted by molar-refractivity contribution is 0.00827. The van der Waals surface area contributed by atoms with Crippen LogP contribution in [-0.4, -0.2) is 33.5 Å². The second kappa shape index (κ2) is 7.44. The van der Waals surface area contributed by atoms with E-state index in [0.29, 0.717) is 11.6 Å². The molecular formula is C17H24N4O3. The molecule has 7 nitrogen and oxygen atoms in total. The number of carbonyl (C=O) groups excluding carboxylic acids is 1. The van der Waals surface area contributed by atoms with Gasteiger partial charge in [-0.2, -0.15) is 0 Å². The molecule has 3 N–H and O–H groups in total. The zero-order valence-corrected chi connectivity index (χ0v) is 14.5. The van der Waals surface area contributed by atoms with Crippen LogP contribution in [-0.2, 0) is 0 Å². The van der Waals surface area contributed by atoms with Crippen LogP contribution in [0.3, 0.4) is 0 Å². The van der Waals surface area contributed by atoms with E-state index < -0.39 is 5.60 Å². The minimum absolute atomic E-state index is 0.0837. The molecule has 7 heteroatoms. The minimum Gasteiger partial charge on any atom is -0.423 e. The fraction of sp³-hybridized carbons (Fsp3) is 0.471. The predicted octanol–water partition coefficient (Wildman–Crippen LogP) is 2.96. The van der Waals surface area contributed by atoms with Crippen LogP contribution in [0.5, 0.6) is 0 Å². The number of aliphatic hydroxyl groups is 1. The van der Waals surface area contributed by atoms with E-state index in [-0.39, 0.29) is 18.5 Å². The van der Waals surface area contributed by atoms with Gasteiger partial charge in [-0.1, -0.05) is 26.3 Å². The van der Waals surface area contributed by atoms with Gasteiger partial charge in [-0.3, -0.25) is 0 Å². The zero-order valence-electron chi connectivity index (χ0n) is 14.5. The first kappa shape index (κ1) is 17.9. The Kier molecular flexibility index (Phi) is 5.56. The summed E-state index contributed by atoms with van der Waals surface area (Å²) in [4.78, 5) is 12.1. The number of aromatic nitrogens is 2. The maximum atomic E-state index is 12.1. The highest BCUT2D eigenvalue weighted by atomic mass is 16.4. The second-order valence-corrected chi connectivity index (χ2v) is 6.25. The molecule has 0 spiro atoms. The highest BCUT2D eigenvalue weighted by Crippen LogP contribution is 2.24. The highest BCUT2D eigenvalue weighted by molar-refractivity contribution is 5.90. The van der Waals surface area contributed by atoms with Crippen LogP contribution in [0.1, 0.15) is 32.8 Å². The van der Waals surface area contributed by atoms with Crippen molar-refractivity contribution in [3.63, 3.8) is 0 Å². The monoisotopic (exact) mass is 332 g/mol. The standard InChI is InChI=1S/C17H24N4O3/c1-5-12(3)17(4,23)9-18-16(22)20-14-8-13(7-6-11(14)2)15-21-19-10-24-15/h6-8,10,12,23H,5,9H2,1-4H3,(H2,18,20,22). The molecule has 0 aliphatic carbocycles. The molecule has 2 atom stereocenters. The molecule has 2 aromatic rings. The van der Waals surface area contributed by atoms with Gasteiger partial charge in [0.2, 0.25) is 12.3 Å². The van der Waals surface area contributed by atoms with Crippen LogP contribution >= 0.6 is 0 Å². The van der Waals surface area contributed by atoms with Crippen molar-refractivity contribution in [1.82, 2.24) is 15.5 Å². The molecule has 130 valence electrons. The van der Waals surface area contributed by atoms with Gasteiger partial charge in [-0.25, -0.2) is 4.79 Å². The topological polar surface area (TPSA) is 100 Å². The quantitative estimate of drug-likeness (QED) is 0.755. The third-order valence-corrected chi connectivity index (χ3v) is 4.37. The Labute approximate surface area is 141 Å². The van der Waals surface area contributed by atoms with E-state index in [4.69, 9.17) is 4.42 Å². The number of urea groups is 1. The molecule has 1 aromatic heterocycles. The van der Waals surface area contributed by atoms with Gasteiger partial charge in [0.15, 0.2) is 0 Å². The third kappa shape index (κ3) is 4.32. The normalized spacial score (nSPS) is 14.7. The van der Waals surface area contributed by atoms with Crippen molar-refractivity contribution < 1.29 is 14.3 Å². The Morgan fingerprint density at radius 1 is 1.46 bits per heavy atom. The molecule has 0 radical (unpaired) electrons. The van der Waals surface area contributed by atoms with Gasteiger partial charge in [0.1, 0.15) is 0 Å². The van der Waals surface area contributed by atoms with E-state index >= 15 is 0 Å². The van der Waals surface area contributed by atoms with E-state index in [1.54, 1.807) is 13.0 Å². The smallest absolute Gasteiger partial charge is 0.319 e. The van der Waals surface area contributed by atoms with E-state index in [2.05, 4.69) is 20.8 Å². The Morgan fingerprint density at radius 3 is 2.83 bits per heavy atom. The minimum atomic E-state index is -0.952. The number of hydrogen-bond donors (Lipinski definition) is 3. The van der Waals surface area contributed by atoms with Crippen LogP contribution in [0.15, 0.2) is 29.0 Å². The highest BCUT2D eigenvalue weighted by Gasteiger charge is 2.27. The van der Waals surface area contributed by atoms with E-state index in [0.717, 1.165) is 17.5 Å². The Morgan fingerprint density at radius 2 is 2.21 bits per heavy atom. The number of benzene rings is 1. The van der Waals surface area contributed by atoms with Gasteiger partial charge >= 0.3 is 6.03 Å². The number of nitrogens with zero attached hydrogens (tertiary/aromatic N) is 2. The number of rotatable bonds is 6. The summed E-state index contributed by atoms with van der Waals surface area (Å²) in [7, 11) is 0. The molecule has 0 saturated heterocycles. The van der Waals surface area contributed by atoms with E-state index in [1.807, 2.05) is 32.9 Å². The summed E-state index contributed by atoms with van der Waals surface area (Å²) in [5.41, 5.74) is 1.32. The van der Waals surface area contributed by atoms with Crippen LogP contribution < -0.4 is 10.6 Å². The van der Waals surface area contributed by atoms with Gasteiger partial charge in [0, 0.05) is 17.8 Å². The van der Waals surface area contributed by atoms with Crippen LogP contribution in [0, 0.1) is 12.8 Å². The fourth-order valence-electron chi connectivity index (χ4n) is 2.23. The molecule has 1 aromatic carbocycles. The Bertz CT molecular complexity index is 683. The van der Waals surface area contributed by atoms with Crippen molar-refractivity contribution in [1.29, 1.82) is 0 Å². The summed E-state index contributed by atoms with van der Waals surface area (Å²) in [6.07, 6.45) is 2.09. The summed E-state index contributed by atoms with van der Waals surface area (Å²) in [6.45, 7) is 7.75. The first-order chi connectivity index (χ1) is 11.3. The lowest BCUT2D eigenvalue weighted by atomic mass is 9.89. The zero-order chi connectivity index (χ0) is 17.7.